The predicted octanol–water partition coefficient (Wildman–Crippen LogP) is 2.61. The molecule has 1 heterocycles. The van der Waals surface area contributed by atoms with Crippen molar-refractivity contribution in [2.45, 2.75) is 11.8 Å². The van der Waals surface area contributed by atoms with Crippen LogP contribution in [-0.2, 0) is 10.0 Å². The second kappa shape index (κ2) is 7.20. The van der Waals surface area contributed by atoms with Crippen LogP contribution in [-0.4, -0.2) is 31.5 Å². The van der Waals surface area contributed by atoms with E-state index in [1.54, 1.807) is 17.7 Å². The van der Waals surface area contributed by atoms with Gasteiger partial charge in [-0.05, 0) is 25.1 Å². The molecule has 0 saturated heterocycles. The fraction of sp³-hybridized carbons (Fsp3) is 0.154. The number of hydrogen-bond acceptors (Lipinski definition) is 6. The van der Waals surface area contributed by atoms with Crippen molar-refractivity contribution in [1.29, 1.82) is 0 Å². The Bertz CT molecular complexity index is 890. The van der Waals surface area contributed by atoms with Gasteiger partial charge in [-0.2, -0.15) is 4.98 Å². The fourth-order valence-corrected chi connectivity index (χ4v) is 3.36. The minimum Gasteiger partial charge on any atom is -0.481 e. The second-order valence-electron chi connectivity index (χ2n) is 4.51. The second-order valence-corrected chi connectivity index (χ2v) is 7.00. The normalized spacial score (nSPS) is 11.0. The van der Waals surface area contributed by atoms with Crippen LogP contribution < -0.4 is 14.8 Å². The van der Waals surface area contributed by atoms with Gasteiger partial charge in [0, 0.05) is 16.8 Å². The molecule has 24 heavy (non-hydrogen) atoms. The molecule has 0 spiro atoms. The van der Waals surface area contributed by atoms with Crippen molar-refractivity contribution < 1.29 is 17.9 Å². The Balaban J connectivity index is 2.20. The molecule has 11 heteroatoms. The Labute approximate surface area is 148 Å². The third kappa shape index (κ3) is 4.47. The minimum absolute atomic E-state index is 0.0758. The summed E-state index contributed by atoms with van der Waals surface area (Å²) >= 11 is 11.6. The summed E-state index contributed by atoms with van der Waals surface area (Å²) in [4.78, 5) is 19.4. The van der Waals surface area contributed by atoms with Crippen LogP contribution in [0.15, 0.2) is 29.2 Å². The van der Waals surface area contributed by atoms with Crippen LogP contribution >= 0.6 is 23.2 Å². The highest BCUT2D eigenvalue weighted by atomic mass is 35.5. The summed E-state index contributed by atoms with van der Waals surface area (Å²) in [5.74, 6) is 0.107. The molecule has 128 valence electrons. The fourth-order valence-electron chi connectivity index (χ4n) is 1.69. The number of methoxy groups -OCH3 is 1. The smallest absolute Gasteiger partial charge is 0.335 e. The SMILES string of the molecule is COc1cc(C)nc(NC(=O)NS(=O)(=O)c2cc(Cl)ccc2Cl)n1. The van der Waals surface area contributed by atoms with E-state index in [1.165, 1.54) is 19.2 Å². The van der Waals surface area contributed by atoms with Gasteiger partial charge in [0.15, 0.2) is 0 Å². The third-order valence-corrected chi connectivity index (χ3v) is 4.72. The summed E-state index contributed by atoms with van der Waals surface area (Å²) in [5.41, 5.74) is 0.526. The van der Waals surface area contributed by atoms with Crippen molar-refractivity contribution in [3.8, 4) is 5.88 Å². The monoisotopic (exact) mass is 390 g/mol. The van der Waals surface area contributed by atoms with Gasteiger partial charge in [-0.1, -0.05) is 23.2 Å². The lowest BCUT2D eigenvalue weighted by atomic mass is 10.4. The third-order valence-electron chi connectivity index (χ3n) is 2.68. The van der Waals surface area contributed by atoms with Crippen LogP contribution in [0.4, 0.5) is 10.7 Å². The first-order valence-electron chi connectivity index (χ1n) is 6.40. The minimum atomic E-state index is -4.22. The summed E-state index contributed by atoms with van der Waals surface area (Å²) in [6, 6.07) is 4.36. The molecule has 0 saturated carbocycles. The maximum atomic E-state index is 12.2. The first-order valence-corrected chi connectivity index (χ1v) is 8.63. The Hall–Kier alpha value is -2.10. The number of rotatable bonds is 4. The highest BCUT2D eigenvalue weighted by Gasteiger charge is 2.22. The number of nitrogens with one attached hydrogen (secondary N) is 2. The number of nitrogens with zero attached hydrogens (tertiary/aromatic N) is 2. The highest BCUT2D eigenvalue weighted by Crippen LogP contribution is 2.24. The molecule has 0 aliphatic rings. The van der Waals surface area contributed by atoms with Crippen molar-refractivity contribution in [2.24, 2.45) is 0 Å². The van der Waals surface area contributed by atoms with Gasteiger partial charge in [-0.3, -0.25) is 5.32 Å². The highest BCUT2D eigenvalue weighted by molar-refractivity contribution is 7.90. The molecule has 8 nitrogen and oxygen atoms in total. The van der Waals surface area contributed by atoms with Crippen molar-refractivity contribution in [2.75, 3.05) is 12.4 Å². The van der Waals surface area contributed by atoms with Crippen LogP contribution in [0.25, 0.3) is 0 Å². The summed E-state index contributed by atoms with van der Waals surface area (Å²) in [6.45, 7) is 1.66. The number of aryl methyl sites for hydroxylation is 1. The zero-order chi connectivity index (χ0) is 17.9. The topological polar surface area (TPSA) is 110 Å². The molecule has 1 aromatic heterocycles. The molecule has 0 radical (unpaired) electrons. The van der Waals surface area contributed by atoms with Crippen LogP contribution in [0, 0.1) is 6.92 Å². The van der Waals surface area contributed by atoms with E-state index < -0.39 is 16.1 Å². The number of carbonyl (C=O) groups is 1. The Morgan fingerprint density at radius 2 is 1.92 bits per heavy atom. The Morgan fingerprint density at radius 1 is 1.21 bits per heavy atom. The zero-order valence-corrected chi connectivity index (χ0v) is 14.8. The van der Waals surface area contributed by atoms with E-state index in [-0.39, 0.29) is 26.8 Å². The van der Waals surface area contributed by atoms with Crippen molar-refractivity contribution in [3.05, 3.63) is 40.0 Å². The average Bonchev–Trinajstić information content (AvgIpc) is 2.48. The number of carbonyl (C=O) groups excluding carboxylic acids is 1. The molecule has 2 N–H and O–H groups in total. The van der Waals surface area contributed by atoms with Crippen molar-refractivity contribution >= 4 is 45.2 Å². The number of sulfonamides is 1. The maximum absolute atomic E-state index is 12.2. The van der Waals surface area contributed by atoms with Gasteiger partial charge in [0.25, 0.3) is 10.0 Å². The molecular weight excluding hydrogens is 379 g/mol. The summed E-state index contributed by atoms with van der Waals surface area (Å²) in [5, 5.41) is 2.29. The van der Waals surface area contributed by atoms with Gasteiger partial charge in [0.2, 0.25) is 11.8 Å². The van der Waals surface area contributed by atoms with Crippen LogP contribution in [0.1, 0.15) is 5.69 Å². The Morgan fingerprint density at radius 3 is 2.58 bits per heavy atom. The van der Waals surface area contributed by atoms with E-state index in [0.29, 0.717) is 5.69 Å². The molecule has 2 amide bonds. The van der Waals surface area contributed by atoms with Gasteiger partial charge < -0.3 is 4.74 Å². The quantitative estimate of drug-likeness (QED) is 0.829. The number of benzene rings is 1. The molecule has 0 bridgehead atoms. The average molecular weight is 391 g/mol. The van der Waals surface area contributed by atoms with E-state index in [0.717, 1.165) is 6.07 Å². The summed E-state index contributed by atoms with van der Waals surface area (Å²) in [7, 11) is -2.82. The Kier molecular flexibility index (Phi) is 5.47. The van der Waals surface area contributed by atoms with Crippen LogP contribution in [0.3, 0.4) is 0 Å². The number of halogens is 2. The number of amides is 2. The molecular formula is C13H12Cl2N4O4S. The standard InChI is InChI=1S/C13H12Cl2N4O4S/c1-7-5-11(23-2)17-12(16-7)18-13(20)19-24(21,22)10-6-8(14)3-4-9(10)15/h3-6H,1-2H3,(H2,16,17,18,19,20). The van der Waals surface area contributed by atoms with Crippen LogP contribution in [0.5, 0.6) is 5.88 Å². The lowest BCUT2D eigenvalue weighted by molar-refractivity contribution is 0.256. The molecule has 0 fully saturated rings. The number of aromatic nitrogens is 2. The van der Waals surface area contributed by atoms with Gasteiger partial charge in [0.1, 0.15) is 4.90 Å². The molecule has 0 aliphatic carbocycles. The van der Waals surface area contributed by atoms with E-state index in [1.807, 2.05) is 0 Å². The van der Waals surface area contributed by atoms with E-state index >= 15 is 0 Å². The zero-order valence-electron chi connectivity index (χ0n) is 12.5. The van der Waals surface area contributed by atoms with Crippen molar-refractivity contribution in [3.63, 3.8) is 0 Å². The number of hydrogen-bond donors (Lipinski definition) is 2. The number of ether oxygens (including phenoxy) is 1. The first kappa shape index (κ1) is 18.2. The molecule has 2 rings (SSSR count). The number of anilines is 1. The van der Waals surface area contributed by atoms with Gasteiger partial charge >= 0.3 is 6.03 Å². The summed E-state index contributed by atoms with van der Waals surface area (Å²) in [6.07, 6.45) is 0. The lowest BCUT2D eigenvalue weighted by Crippen LogP contribution is -2.35. The van der Waals surface area contributed by atoms with Gasteiger partial charge in [0.05, 0.1) is 12.1 Å². The van der Waals surface area contributed by atoms with E-state index in [4.69, 9.17) is 27.9 Å². The molecule has 0 atom stereocenters. The summed E-state index contributed by atoms with van der Waals surface area (Å²) < 4.78 is 31.2. The predicted molar refractivity (Wildman–Crippen MR) is 89.1 cm³/mol. The first-order chi connectivity index (χ1) is 11.2. The molecule has 0 aliphatic heterocycles. The van der Waals surface area contributed by atoms with E-state index in [2.05, 4.69) is 15.3 Å². The molecule has 1 aromatic carbocycles. The van der Waals surface area contributed by atoms with Crippen molar-refractivity contribution in [1.82, 2.24) is 14.7 Å². The van der Waals surface area contributed by atoms with Gasteiger partial charge in [-0.25, -0.2) is 22.9 Å². The largest absolute Gasteiger partial charge is 0.481 e. The van der Waals surface area contributed by atoms with Crippen LogP contribution in [0.2, 0.25) is 10.0 Å². The maximum Gasteiger partial charge on any atom is 0.335 e. The van der Waals surface area contributed by atoms with Gasteiger partial charge in [-0.15, -0.1) is 0 Å². The molecule has 0 unspecified atom stereocenters. The molecule has 2 aromatic rings. The number of urea groups is 1. The van der Waals surface area contributed by atoms with E-state index in [9.17, 15) is 13.2 Å². The lowest BCUT2D eigenvalue weighted by Gasteiger charge is -2.10.